The Balaban J connectivity index is 1.75. The molecule has 3 rings (SSSR count). The highest BCUT2D eigenvalue weighted by Crippen LogP contribution is 2.09. The maximum atomic E-state index is 13.2. The highest BCUT2D eigenvalue weighted by atomic mass is 19.1. The van der Waals surface area contributed by atoms with E-state index in [1.165, 1.54) is 0 Å². The molecule has 0 aliphatic rings. The molecule has 0 aromatic heterocycles. The summed E-state index contributed by atoms with van der Waals surface area (Å²) in [6.07, 6.45) is -0.718. The molecule has 0 aliphatic carbocycles. The van der Waals surface area contributed by atoms with Crippen molar-refractivity contribution in [2.75, 3.05) is 6.67 Å². The van der Waals surface area contributed by atoms with Gasteiger partial charge in [-0.05, 0) is 16.7 Å². The summed E-state index contributed by atoms with van der Waals surface area (Å²) in [5, 5.41) is 5.08. The number of nitrogens with one attached hydrogen (secondary N) is 2. The van der Waals surface area contributed by atoms with E-state index in [0.29, 0.717) is 5.56 Å². The highest BCUT2D eigenvalue weighted by molar-refractivity contribution is 6.40. The van der Waals surface area contributed by atoms with E-state index >= 15 is 0 Å². The van der Waals surface area contributed by atoms with Crippen LogP contribution >= 0.6 is 0 Å². The summed E-state index contributed by atoms with van der Waals surface area (Å²) in [5.74, 6) is -2.97. The van der Waals surface area contributed by atoms with Gasteiger partial charge in [-0.15, -0.1) is 0 Å². The molecule has 3 aromatic carbocycles. The van der Waals surface area contributed by atoms with Crippen LogP contribution in [0.3, 0.4) is 0 Å². The van der Waals surface area contributed by atoms with Crippen molar-refractivity contribution in [3.63, 3.8) is 0 Å². The topological polar surface area (TPSA) is 102 Å². The average molecular weight is 491 g/mol. The lowest BCUT2D eigenvalue weighted by molar-refractivity contribution is -0.139. The van der Waals surface area contributed by atoms with Gasteiger partial charge < -0.3 is 15.4 Å². The molecule has 36 heavy (non-hydrogen) atoms. The zero-order valence-electron chi connectivity index (χ0n) is 19.6. The number of hydrogen-bond acceptors (Lipinski definition) is 5. The predicted octanol–water partition coefficient (Wildman–Crippen LogP) is 3.36. The third-order valence-electron chi connectivity index (χ3n) is 5.42. The summed E-state index contributed by atoms with van der Waals surface area (Å²) in [5.41, 5.74) is 2.21. The molecule has 0 heterocycles. The first-order valence-electron chi connectivity index (χ1n) is 11.4. The van der Waals surface area contributed by atoms with Crippen molar-refractivity contribution in [1.82, 2.24) is 10.6 Å². The van der Waals surface area contributed by atoms with Crippen LogP contribution in [0.1, 0.15) is 16.7 Å². The highest BCUT2D eigenvalue weighted by Gasteiger charge is 2.30. The van der Waals surface area contributed by atoms with E-state index in [-0.39, 0.29) is 19.4 Å². The molecule has 0 fully saturated rings. The Hall–Kier alpha value is -4.33. The number of Topliss-reactive ketones (excluding diaryl/α,β-unsaturated/α-hetero) is 2. The second kappa shape index (κ2) is 13.5. The molecule has 0 saturated heterocycles. The summed E-state index contributed by atoms with van der Waals surface area (Å²) < 4.78 is 18.2. The lowest BCUT2D eigenvalue weighted by Gasteiger charge is -2.22. The molecule has 2 N–H and O–H groups in total. The third-order valence-corrected chi connectivity index (χ3v) is 5.42. The minimum absolute atomic E-state index is 0.00629. The number of carbonyl (C=O) groups excluding carboxylic acids is 4. The molecule has 0 radical (unpaired) electrons. The van der Waals surface area contributed by atoms with Gasteiger partial charge in [0.2, 0.25) is 17.5 Å². The first-order chi connectivity index (χ1) is 17.5. The van der Waals surface area contributed by atoms with Gasteiger partial charge in [-0.3, -0.25) is 14.4 Å². The van der Waals surface area contributed by atoms with Crippen LogP contribution in [0.2, 0.25) is 0 Å². The van der Waals surface area contributed by atoms with Gasteiger partial charge in [0, 0.05) is 12.8 Å². The number of hydrogen-bond donors (Lipinski definition) is 2. The van der Waals surface area contributed by atoms with Crippen molar-refractivity contribution in [2.45, 2.75) is 31.5 Å². The number of rotatable bonds is 12. The third kappa shape index (κ3) is 8.16. The molecule has 8 heteroatoms. The standard InChI is InChI=1S/C28H27FN2O5/c29-18-25(32)26(33)23(16-20-10-4-1-5-11-20)30-27(34)24(17-21-12-6-2-7-13-21)31-28(35)36-19-22-14-8-3-9-15-22/h1-15,23-24H,16-19H2,(H,30,34)(H,31,35)/t23-,24-/m0/s1. The first-order valence-corrected chi connectivity index (χ1v) is 11.4. The van der Waals surface area contributed by atoms with E-state index in [1.807, 2.05) is 24.3 Å². The molecule has 0 aliphatic heterocycles. The number of amides is 2. The number of ketones is 2. The maximum absolute atomic E-state index is 13.2. The van der Waals surface area contributed by atoms with Crippen LogP contribution in [0.25, 0.3) is 0 Å². The van der Waals surface area contributed by atoms with Crippen molar-refractivity contribution < 1.29 is 28.3 Å². The predicted molar refractivity (Wildman–Crippen MR) is 132 cm³/mol. The van der Waals surface area contributed by atoms with Gasteiger partial charge in [0.25, 0.3) is 0 Å². The van der Waals surface area contributed by atoms with Crippen LogP contribution < -0.4 is 10.6 Å². The van der Waals surface area contributed by atoms with Gasteiger partial charge in [-0.1, -0.05) is 91.0 Å². The molecule has 2 atom stereocenters. The fourth-order valence-electron chi connectivity index (χ4n) is 3.56. The second-order valence-electron chi connectivity index (χ2n) is 8.12. The van der Waals surface area contributed by atoms with E-state index in [4.69, 9.17) is 4.74 Å². The lowest BCUT2D eigenvalue weighted by atomic mass is 9.99. The van der Waals surface area contributed by atoms with Crippen LogP contribution in [0.4, 0.5) is 9.18 Å². The number of halogens is 1. The Morgan fingerprint density at radius 2 is 1.14 bits per heavy atom. The summed E-state index contributed by atoms with van der Waals surface area (Å²) in [4.78, 5) is 50.1. The van der Waals surface area contributed by atoms with Crippen molar-refractivity contribution in [1.29, 1.82) is 0 Å². The Morgan fingerprint density at radius 3 is 1.64 bits per heavy atom. The van der Waals surface area contributed by atoms with Gasteiger partial charge in [0.05, 0.1) is 6.04 Å². The average Bonchev–Trinajstić information content (AvgIpc) is 2.92. The summed E-state index contributed by atoms with van der Waals surface area (Å²) in [6, 6.07) is 24.4. The fourth-order valence-corrected chi connectivity index (χ4v) is 3.56. The van der Waals surface area contributed by atoms with Crippen molar-refractivity contribution in [3.8, 4) is 0 Å². The van der Waals surface area contributed by atoms with Gasteiger partial charge in [-0.25, -0.2) is 9.18 Å². The normalized spacial score (nSPS) is 12.1. The zero-order valence-corrected chi connectivity index (χ0v) is 19.6. The van der Waals surface area contributed by atoms with Crippen LogP contribution in [0.5, 0.6) is 0 Å². The molecule has 0 unspecified atom stereocenters. The summed E-state index contributed by atoms with van der Waals surface area (Å²) >= 11 is 0. The fraction of sp³-hybridized carbons (Fsp3) is 0.214. The monoisotopic (exact) mass is 490 g/mol. The van der Waals surface area contributed by atoms with Gasteiger partial charge in [0.15, 0.2) is 6.67 Å². The smallest absolute Gasteiger partial charge is 0.408 e. The molecule has 2 amide bonds. The van der Waals surface area contributed by atoms with Crippen LogP contribution in [-0.2, 0) is 38.6 Å². The van der Waals surface area contributed by atoms with Crippen LogP contribution in [0, 0.1) is 0 Å². The Morgan fingerprint density at radius 1 is 0.667 bits per heavy atom. The van der Waals surface area contributed by atoms with E-state index in [0.717, 1.165) is 11.1 Å². The molecular weight excluding hydrogens is 463 g/mol. The number of benzene rings is 3. The largest absolute Gasteiger partial charge is 0.445 e. The molecule has 0 saturated carbocycles. The number of alkyl halides is 1. The minimum atomic E-state index is -1.46. The van der Waals surface area contributed by atoms with E-state index in [1.54, 1.807) is 66.7 Å². The van der Waals surface area contributed by atoms with E-state index < -0.39 is 42.3 Å². The first kappa shape index (κ1) is 26.3. The SMILES string of the molecule is O=C(N[C@@H](Cc1ccccc1)C(=O)N[C@@H](Cc1ccccc1)C(=O)C(=O)CF)OCc1ccccc1. The second-order valence-corrected chi connectivity index (χ2v) is 8.12. The Labute approximate surface area is 208 Å². The van der Waals surface area contributed by atoms with E-state index in [9.17, 15) is 23.6 Å². The van der Waals surface area contributed by atoms with Crippen molar-refractivity contribution >= 4 is 23.6 Å². The number of carbonyl (C=O) groups is 4. The quantitative estimate of drug-likeness (QED) is 0.379. The molecular formula is C28H27FN2O5. The Kier molecular flexibility index (Phi) is 9.88. The van der Waals surface area contributed by atoms with Gasteiger partial charge >= 0.3 is 6.09 Å². The summed E-state index contributed by atoms with van der Waals surface area (Å²) in [6.45, 7) is -1.45. The number of ether oxygens (including phenoxy) is 1. The summed E-state index contributed by atoms with van der Waals surface area (Å²) in [7, 11) is 0. The van der Waals surface area contributed by atoms with Crippen molar-refractivity contribution in [3.05, 3.63) is 108 Å². The molecule has 3 aromatic rings. The lowest BCUT2D eigenvalue weighted by Crippen LogP contribution is -2.54. The molecule has 0 spiro atoms. The van der Waals surface area contributed by atoms with Crippen LogP contribution in [-0.4, -0.2) is 42.3 Å². The number of alkyl carbamates (subject to hydrolysis) is 1. The van der Waals surface area contributed by atoms with Gasteiger partial charge in [0.1, 0.15) is 12.6 Å². The molecule has 0 bridgehead atoms. The maximum Gasteiger partial charge on any atom is 0.408 e. The molecule has 186 valence electrons. The van der Waals surface area contributed by atoms with Gasteiger partial charge in [-0.2, -0.15) is 0 Å². The Bertz CT molecular complexity index is 1160. The molecule has 7 nitrogen and oxygen atoms in total. The van der Waals surface area contributed by atoms with Crippen molar-refractivity contribution in [2.24, 2.45) is 0 Å². The zero-order chi connectivity index (χ0) is 25.8. The van der Waals surface area contributed by atoms with Crippen LogP contribution in [0.15, 0.2) is 91.0 Å². The minimum Gasteiger partial charge on any atom is -0.445 e. The van der Waals surface area contributed by atoms with E-state index in [2.05, 4.69) is 10.6 Å².